The molecule has 1 aromatic heterocycles. The van der Waals surface area contributed by atoms with Crippen LogP contribution in [0.2, 0.25) is 0 Å². The van der Waals surface area contributed by atoms with Crippen molar-refractivity contribution in [2.75, 3.05) is 6.54 Å². The van der Waals surface area contributed by atoms with Crippen LogP contribution in [0.15, 0.2) is 24.4 Å². The fourth-order valence-electron chi connectivity index (χ4n) is 2.12. The first kappa shape index (κ1) is 8.70. The average Bonchev–Trinajstić information content (AvgIpc) is 2.47. The van der Waals surface area contributed by atoms with Crippen molar-refractivity contribution in [2.45, 2.75) is 31.7 Å². The van der Waals surface area contributed by atoms with Crippen LogP contribution in [-0.2, 0) is 0 Å². The van der Waals surface area contributed by atoms with Gasteiger partial charge in [-0.1, -0.05) is 6.07 Å². The van der Waals surface area contributed by atoms with Gasteiger partial charge in [-0.2, -0.15) is 0 Å². The van der Waals surface area contributed by atoms with Crippen LogP contribution in [-0.4, -0.2) is 17.1 Å². The van der Waals surface area contributed by atoms with E-state index in [2.05, 4.69) is 36.3 Å². The summed E-state index contributed by atoms with van der Waals surface area (Å²) in [7, 11) is 0. The van der Waals surface area contributed by atoms with Crippen molar-refractivity contribution in [1.82, 2.24) is 10.3 Å². The van der Waals surface area contributed by atoms with Gasteiger partial charge in [0, 0.05) is 23.3 Å². The standard InChI is InChI=1S/C11H16N2/c1-11(2)9(6-8-13-11)10-5-3-4-7-12-10/h3-5,7,9,13H,6,8H2,1-2H3. The summed E-state index contributed by atoms with van der Waals surface area (Å²) < 4.78 is 0. The highest BCUT2D eigenvalue weighted by Gasteiger charge is 2.35. The Bertz CT molecular complexity index is 279. The molecule has 13 heavy (non-hydrogen) atoms. The Labute approximate surface area is 79.4 Å². The zero-order chi connectivity index (χ0) is 9.31. The van der Waals surface area contributed by atoms with E-state index in [9.17, 15) is 0 Å². The summed E-state index contributed by atoms with van der Waals surface area (Å²) in [6.45, 7) is 5.60. The van der Waals surface area contributed by atoms with Gasteiger partial charge < -0.3 is 5.32 Å². The molecule has 1 fully saturated rings. The zero-order valence-electron chi connectivity index (χ0n) is 8.25. The van der Waals surface area contributed by atoms with Crippen molar-refractivity contribution in [3.8, 4) is 0 Å². The van der Waals surface area contributed by atoms with Crippen LogP contribution in [0.25, 0.3) is 0 Å². The third-order valence-electron chi connectivity index (χ3n) is 2.93. The molecule has 0 amide bonds. The van der Waals surface area contributed by atoms with Crippen LogP contribution in [0.5, 0.6) is 0 Å². The van der Waals surface area contributed by atoms with Gasteiger partial charge >= 0.3 is 0 Å². The second kappa shape index (κ2) is 3.11. The molecule has 0 radical (unpaired) electrons. The van der Waals surface area contributed by atoms with Gasteiger partial charge in [-0.15, -0.1) is 0 Å². The Kier molecular flexibility index (Phi) is 2.08. The molecular weight excluding hydrogens is 160 g/mol. The summed E-state index contributed by atoms with van der Waals surface area (Å²) in [5.74, 6) is 0.564. The van der Waals surface area contributed by atoms with Gasteiger partial charge in [0.2, 0.25) is 0 Å². The van der Waals surface area contributed by atoms with Gasteiger partial charge in [0.1, 0.15) is 0 Å². The Balaban J connectivity index is 2.27. The number of nitrogens with one attached hydrogen (secondary N) is 1. The number of hydrogen-bond donors (Lipinski definition) is 1. The topological polar surface area (TPSA) is 24.9 Å². The molecule has 1 aromatic rings. The maximum absolute atomic E-state index is 4.42. The molecule has 1 unspecified atom stereocenters. The summed E-state index contributed by atoms with van der Waals surface area (Å²) in [6.07, 6.45) is 3.08. The van der Waals surface area contributed by atoms with Crippen molar-refractivity contribution < 1.29 is 0 Å². The number of rotatable bonds is 1. The first-order valence-electron chi connectivity index (χ1n) is 4.86. The second-order valence-corrected chi connectivity index (χ2v) is 4.24. The number of pyridine rings is 1. The predicted octanol–water partition coefficient (Wildman–Crippen LogP) is 1.94. The third-order valence-corrected chi connectivity index (χ3v) is 2.93. The first-order valence-corrected chi connectivity index (χ1v) is 4.86. The molecular formula is C11H16N2. The first-order chi connectivity index (χ1) is 6.20. The largest absolute Gasteiger partial charge is 0.311 e. The highest BCUT2D eigenvalue weighted by molar-refractivity contribution is 5.17. The maximum Gasteiger partial charge on any atom is 0.0453 e. The van der Waals surface area contributed by atoms with E-state index in [4.69, 9.17) is 0 Å². The van der Waals surface area contributed by atoms with Crippen LogP contribution in [0.3, 0.4) is 0 Å². The third kappa shape index (κ3) is 1.59. The Hall–Kier alpha value is -0.890. The molecule has 2 nitrogen and oxygen atoms in total. The normalized spacial score (nSPS) is 26.2. The van der Waals surface area contributed by atoms with E-state index in [-0.39, 0.29) is 5.54 Å². The van der Waals surface area contributed by atoms with Crippen LogP contribution >= 0.6 is 0 Å². The SMILES string of the molecule is CC1(C)NCCC1c1ccccn1. The summed E-state index contributed by atoms with van der Waals surface area (Å²) in [4.78, 5) is 4.42. The molecule has 2 heteroatoms. The van der Waals surface area contributed by atoms with Gasteiger partial charge in [-0.3, -0.25) is 4.98 Å². The smallest absolute Gasteiger partial charge is 0.0453 e. The predicted molar refractivity (Wildman–Crippen MR) is 53.7 cm³/mol. The second-order valence-electron chi connectivity index (χ2n) is 4.24. The lowest BCUT2D eigenvalue weighted by Gasteiger charge is -2.26. The molecule has 2 heterocycles. The number of nitrogens with zero attached hydrogens (tertiary/aromatic N) is 1. The molecule has 1 atom stereocenters. The molecule has 0 spiro atoms. The minimum Gasteiger partial charge on any atom is -0.311 e. The number of aromatic nitrogens is 1. The molecule has 1 aliphatic heterocycles. The summed E-state index contributed by atoms with van der Waals surface area (Å²) in [5, 5.41) is 3.50. The summed E-state index contributed by atoms with van der Waals surface area (Å²) in [5.41, 5.74) is 1.42. The van der Waals surface area contributed by atoms with Crippen molar-refractivity contribution in [3.63, 3.8) is 0 Å². The van der Waals surface area contributed by atoms with Gasteiger partial charge in [-0.25, -0.2) is 0 Å². The molecule has 1 N–H and O–H groups in total. The lowest BCUT2D eigenvalue weighted by atomic mass is 9.86. The van der Waals surface area contributed by atoms with Gasteiger partial charge in [0.05, 0.1) is 0 Å². The molecule has 1 aliphatic rings. The van der Waals surface area contributed by atoms with Crippen LogP contribution in [0.4, 0.5) is 0 Å². The Morgan fingerprint density at radius 2 is 2.31 bits per heavy atom. The van der Waals surface area contributed by atoms with Crippen molar-refractivity contribution in [2.24, 2.45) is 0 Å². The zero-order valence-corrected chi connectivity index (χ0v) is 8.25. The van der Waals surface area contributed by atoms with Gasteiger partial charge in [0.15, 0.2) is 0 Å². The summed E-state index contributed by atoms with van der Waals surface area (Å²) in [6, 6.07) is 6.16. The Morgan fingerprint density at radius 1 is 1.46 bits per heavy atom. The van der Waals surface area contributed by atoms with E-state index in [1.54, 1.807) is 0 Å². The van der Waals surface area contributed by atoms with Gasteiger partial charge in [-0.05, 0) is 38.9 Å². The molecule has 0 bridgehead atoms. The van der Waals surface area contributed by atoms with E-state index >= 15 is 0 Å². The molecule has 0 aromatic carbocycles. The lowest BCUT2D eigenvalue weighted by molar-refractivity contribution is 0.405. The van der Waals surface area contributed by atoms with Gasteiger partial charge in [0.25, 0.3) is 0 Å². The van der Waals surface area contributed by atoms with E-state index in [0.29, 0.717) is 5.92 Å². The van der Waals surface area contributed by atoms with E-state index in [0.717, 1.165) is 6.54 Å². The van der Waals surface area contributed by atoms with Crippen molar-refractivity contribution in [3.05, 3.63) is 30.1 Å². The quantitative estimate of drug-likeness (QED) is 0.707. The molecule has 0 saturated carbocycles. The highest BCUT2D eigenvalue weighted by Crippen LogP contribution is 2.33. The fraction of sp³-hybridized carbons (Fsp3) is 0.545. The number of hydrogen-bond acceptors (Lipinski definition) is 2. The van der Waals surface area contributed by atoms with Crippen LogP contribution in [0.1, 0.15) is 31.9 Å². The molecule has 0 aliphatic carbocycles. The van der Waals surface area contributed by atoms with E-state index in [1.807, 2.05) is 12.3 Å². The lowest BCUT2D eigenvalue weighted by Crippen LogP contribution is -2.37. The van der Waals surface area contributed by atoms with Crippen molar-refractivity contribution >= 4 is 0 Å². The minimum absolute atomic E-state index is 0.203. The average molecular weight is 176 g/mol. The Morgan fingerprint density at radius 3 is 2.85 bits per heavy atom. The van der Waals surface area contributed by atoms with Crippen LogP contribution < -0.4 is 5.32 Å². The van der Waals surface area contributed by atoms with E-state index in [1.165, 1.54) is 12.1 Å². The molecule has 2 rings (SSSR count). The molecule has 1 saturated heterocycles. The van der Waals surface area contributed by atoms with E-state index < -0.39 is 0 Å². The monoisotopic (exact) mass is 176 g/mol. The molecule has 70 valence electrons. The highest BCUT2D eigenvalue weighted by atomic mass is 15.0. The minimum atomic E-state index is 0.203. The fourth-order valence-corrected chi connectivity index (χ4v) is 2.12. The summed E-state index contributed by atoms with van der Waals surface area (Å²) >= 11 is 0. The maximum atomic E-state index is 4.42. The van der Waals surface area contributed by atoms with Crippen LogP contribution in [0, 0.1) is 0 Å². The van der Waals surface area contributed by atoms with Crippen molar-refractivity contribution in [1.29, 1.82) is 0 Å².